The summed E-state index contributed by atoms with van der Waals surface area (Å²) in [6.07, 6.45) is 1.92. The van der Waals surface area contributed by atoms with E-state index in [1.54, 1.807) is 18.2 Å². The van der Waals surface area contributed by atoms with Gasteiger partial charge in [-0.2, -0.15) is 0 Å². The number of rotatable bonds is 7. The number of hydrogen-bond donors (Lipinski definition) is 2. The van der Waals surface area contributed by atoms with Crippen molar-refractivity contribution in [1.82, 2.24) is 5.32 Å². The van der Waals surface area contributed by atoms with Gasteiger partial charge in [-0.1, -0.05) is 23.2 Å². The minimum absolute atomic E-state index is 0.134. The van der Waals surface area contributed by atoms with Gasteiger partial charge in [0.1, 0.15) is 5.75 Å². The molecule has 20 heavy (non-hydrogen) atoms. The van der Waals surface area contributed by atoms with E-state index in [0.717, 1.165) is 12.8 Å². The summed E-state index contributed by atoms with van der Waals surface area (Å²) in [4.78, 5) is 11.6. The van der Waals surface area contributed by atoms with Gasteiger partial charge in [0.05, 0.1) is 29.2 Å². The van der Waals surface area contributed by atoms with Crippen molar-refractivity contribution in [2.45, 2.75) is 25.4 Å². The predicted molar refractivity (Wildman–Crippen MR) is 78.3 cm³/mol. The molecule has 4 nitrogen and oxygen atoms in total. The van der Waals surface area contributed by atoms with Crippen LogP contribution in [0.2, 0.25) is 10.0 Å². The number of amides is 1. The Balaban J connectivity index is 1.64. The molecule has 0 aromatic heterocycles. The summed E-state index contributed by atoms with van der Waals surface area (Å²) in [6, 6.07) is 4.95. The lowest BCUT2D eigenvalue weighted by atomic mass is 10.2. The van der Waals surface area contributed by atoms with E-state index in [2.05, 4.69) is 5.32 Å². The van der Waals surface area contributed by atoms with Gasteiger partial charge >= 0.3 is 0 Å². The van der Waals surface area contributed by atoms with Crippen molar-refractivity contribution < 1.29 is 14.6 Å². The summed E-state index contributed by atoms with van der Waals surface area (Å²) < 4.78 is 5.41. The van der Waals surface area contributed by atoms with Crippen LogP contribution in [0.3, 0.4) is 0 Å². The standard InChI is InChI=1S/C14H17Cl2NO3/c15-11-4-3-10(7-12(11)16)20-6-5-14(19)17-8-13(18)9-1-2-9/h3-4,7,9,13,18H,1-2,5-6,8H2,(H,17,19). The number of carbonyl (C=O) groups excluding carboxylic acids is 1. The molecule has 1 aromatic rings. The fraction of sp³-hybridized carbons (Fsp3) is 0.500. The van der Waals surface area contributed by atoms with Crippen molar-refractivity contribution >= 4 is 29.1 Å². The van der Waals surface area contributed by atoms with Crippen molar-refractivity contribution in [1.29, 1.82) is 0 Å². The number of aliphatic hydroxyl groups excluding tert-OH is 1. The van der Waals surface area contributed by atoms with Crippen molar-refractivity contribution in [3.63, 3.8) is 0 Å². The minimum atomic E-state index is -0.421. The molecule has 0 aliphatic heterocycles. The molecule has 110 valence electrons. The summed E-state index contributed by atoms with van der Waals surface area (Å²) in [5, 5.41) is 13.2. The Morgan fingerprint density at radius 1 is 1.40 bits per heavy atom. The summed E-state index contributed by atoms with van der Waals surface area (Å²) in [6.45, 7) is 0.569. The van der Waals surface area contributed by atoms with Crippen LogP contribution in [0.15, 0.2) is 18.2 Å². The van der Waals surface area contributed by atoms with Gasteiger partial charge in [0.2, 0.25) is 5.91 Å². The lowest BCUT2D eigenvalue weighted by Gasteiger charge is -2.11. The monoisotopic (exact) mass is 317 g/mol. The van der Waals surface area contributed by atoms with Crippen LogP contribution in [0.1, 0.15) is 19.3 Å². The van der Waals surface area contributed by atoms with E-state index in [-0.39, 0.29) is 18.9 Å². The Kier molecular flexibility index (Phi) is 5.52. The number of hydrogen-bond acceptors (Lipinski definition) is 3. The summed E-state index contributed by atoms with van der Waals surface area (Å²) in [5.74, 6) is 0.803. The highest BCUT2D eigenvalue weighted by Crippen LogP contribution is 2.32. The molecule has 1 aliphatic carbocycles. The van der Waals surface area contributed by atoms with Crippen LogP contribution in [-0.4, -0.2) is 30.3 Å². The topological polar surface area (TPSA) is 58.6 Å². The first-order chi connectivity index (χ1) is 9.56. The summed E-state index contributed by atoms with van der Waals surface area (Å²) >= 11 is 11.6. The zero-order valence-corrected chi connectivity index (χ0v) is 12.5. The van der Waals surface area contributed by atoms with Gasteiger partial charge in [0, 0.05) is 12.6 Å². The van der Waals surface area contributed by atoms with Crippen LogP contribution in [0, 0.1) is 5.92 Å². The number of benzene rings is 1. The van der Waals surface area contributed by atoms with E-state index in [1.165, 1.54) is 0 Å². The van der Waals surface area contributed by atoms with Crippen molar-refractivity contribution in [3.8, 4) is 5.75 Å². The van der Waals surface area contributed by atoms with E-state index in [1.807, 2.05) is 0 Å². The molecule has 6 heteroatoms. The molecule has 0 spiro atoms. The maximum absolute atomic E-state index is 11.6. The van der Waals surface area contributed by atoms with E-state index in [0.29, 0.717) is 28.3 Å². The van der Waals surface area contributed by atoms with Gasteiger partial charge in [-0.15, -0.1) is 0 Å². The zero-order chi connectivity index (χ0) is 14.5. The molecule has 1 aromatic carbocycles. The SMILES string of the molecule is O=C(CCOc1ccc(Cl)c(Cl)c1)NCC(O)C1CC1. The number of aliphatic hydroxyl groups is 1. The van der Waals surface area contributed by atoms with Crippen LogP contribution < -0.4 is 10.1 Å². The highest BCUT2D eigenvalue weighted by atomic mass is 35.5. The maximum atomic E-state index is 11.6. The zero-order valence-electron chi connectivity index (χ0n) is 10.9. The molecule has 0 saturated heterocycles. The smallest absolute Gasteiger partial charge is 0.223 e. The molecule has 1 fully saturated rings. The molecule has 1 atom stereocenters. The van der Waals surface area contributed by atoms with Crippen LogP contribution in [0.5, 0.6) is 5.75 Å². The fourth-order valence-electron chi connectivity index (χ4n) is 1.78. The van der Waals surface area contributed by atoms with Gasteiger partial charge in [-0.25, -0.2) is 0 Å². The number of nitrogens with one attached hydrogen (secondary N) is 1. The summed E-state index contributed by atoms with van der Waals surface area (Å²) in [5.41, 5.74) is 0. The average molecular weight is 318 g/mol. The largest absolute Gasteiger partial charge is 0.493 e. The molecule has 0 bridgehead atoms. The highest BCUT2D eigenvalue weighted by molar-refractivity contribution is 6.42. The Bertz CT molecular complexity index is 477. The molecule has 2 N–H and O–H groups in total. The van der Waals surface area contributed by atoms with Crippen molar-refractivity contribution in [3.05, 3.63) is 28.2 Å². The molecule has 1 unspecified atom stereocenters. The third kappa shape index (κ3) is 4.85. The van der Waals surface area contributed by atoms with E-state index in [4.69, 9.17) is 27.9 Å². The summed E-state index contributed by atoms with van der Waals surface area (Å²) in [7, 11) is 0. The molecule has 0 heterocycles. The quantitative estimate of drug-likeness (QED) is 0.812. The van der Waals surface area contributed by atoms with E-state index >= 15 is 0 Å². The minimum Gasteiger partial charge on any atom is -0.493 e. The molecule has 1 aliphatic rings. The number of halogens is 2. The Hall–Kier alpha value is -0.970. The predicted octanol–water partition coefficient (Wildman–Crippen LogP) is 2.65. The van der Waals surface area contributed by atoms with Crippen molar-refractivity contribution in [2.24, 2.45) is 5.92 Å². The Morgan fingerprint density at radius 2 is 2.15 bits per heavy atom. The van der Waals surface area contributed by atoms with Crippen molar-refractivity contribution in [2.75, 3.05) is 13.2 Å². The number of carbonyl (C=O) groups is 1. The second-order valence-electron chi connectivity index (χ2n) is 4.88. The molecule has 0 radical (unpaired) electrons. The molecule has 2 rings (SSSR count). The lowest BCUT2D eigenvalue weighted by Crippen LogP contribution is -2.33. The molecule has 1 saturated carbocycles. The molecule has 1 amide bonds. The third-order valence-corrected chi connectivity index (χ3v) is 3.90. The average Bonchev–Trinajstić information content (AvgIpc) is 3.24. The van der Waals surface area contributed by atoms with Gasteiger partial charge in [0.25, 0.3) is 0 Å². The molecular weight excluding hydrogens is 301 g/mol. The van der Waals surface area contributed by atoms with Gasteiger partial charge in [-0.05, 0) is 30.9 Å². The van der Waals surface area contributed by atoms with Crippen LogP contribution >= 0.6 is 23.2 Å². The number of ether oxygens (including phenoxy) is 1. The van der Waals surface area contributed by atoms with E-state index < -0.39 is 6.10 Å². The first-order valence-electron chi connectivity index (χ1n) is 6.59. The van der Waals surface area contributed by atoms with Gasteiger partial charge < -0.3 is 15.2 Å². The Labute approximate surface area is 128 Å². The second kappa shape index (κ2) is 7.16. The lowest BCUT2D eigenvalue weighted by molar-refractivity contribution is -0.122. The first kappa shape index (κ1) is 15.4. The second-order valence-corrected chi connectivity index (χ2v) is 5.70. The van der Waals surface area contributed by atoms with Crippen LogP contribution in [-0.2, 0) is 4.79 Å². The Morgan fingerprint density at radius 3 is 2.80 bits per heavy atom. The van der Waals surface area contributed by atoms with E-state index in [9.17, 15) is 9.90 Å². The van der Waals surface area contributed by atoms with Crippen LogP contribution in [0.25, 0.3) is 0 Å². The first-order valence-corrected chi connectivity index (χ1v) is 7.34. The van der Waals surface area contributed by atoms with Gasteiger partial charge in [-0.3, -0.25) is 4.79 Å². The molecular formula is C14H17Cl2NO3. The normalized spacial score (nSPS) is 15.8. The third-order valence-electron chi connectivity index (χ3n) is 3.16. The highest BCUT2D eigenvalue weighted by Gasteiger charge is 2.29. The fourth-order valence-corrected chi connectivity index (χ4v) is 2.07. The van der Waals surface area contributed by atoms with Gasteiger partial charge in [0.15, 0.2) is 0 Å². The van der Waals surface area contributed by atoms with Crippen LogP contribution in [0.4, 0.5) is 0 Å². The maximum Gasteiger partial charge on any atom is 0.223 e.